The zero-order valence-electron chi connectivity index (χ0n) is 22.7. The quantitative estimate of drug-likeness (QED) is 0.373. The summed E-state index contributed by atoms with van der Waals surface area (Å²) in [7, 11) is -6.37. The number of aliphatic hydroxyl groups excluding tert-OH is 1. The molecule has 0 aliphatic carbocycles. The van der Waals surface area contributed by atoms with Crippen molar-refractivity contribution in [1.29, 1.82) is 0 Å². The second-order valence-electron chi connectivity index (χ2n) is 9.99. The van der Waals surface area contributed by atoms with Crippen LogP contribution in [0.25, 0.3) is 0 Å². The van der Waals surface area contributed by atoms with E-state index in [0.29, 0.717) is 11.3 Å². The number of nitrogens with one attached hydrogen (secondary N) is 1. The minimum atomic E-state index is -4.05. The topological polar surface area (TPSA) is 133 Å². The molecular weight excluding hydrogens is 594 g/mol. The molecule has 2 aromatic carbocycles. The third-order valence-electron chi connectivity index (χ3n) is 6.89. The van der Waals surface area contributed by atoms with E-state index >= 15 is 0 Å². The monoisotopic (exact) mass is 625 g/mol. The average Bonchev–Trinajstić information content (AvgIpc) is 3.48. The van der Waals surface area contributed by atoms with Crippen molar-refractivity contribution in [2.24, 2.45) is 5.92 Å². The molecule has 1 aromatic heterocycles. The first-order chi connectivity index (χ1) is 19.3. The molecule has 2 N–H and O–H groups in total. The van der Waals surface area contributed by atoms with Crippen LogP contribution in [0.4, 0.5) is 10.1 Å². The first kappa shape index (κ1) is 30.9. The highest BCUT2D eigenvalue weighted by atomic mass is 32.2. The van der Waals surface area contributed by atoms with Gasteiger partial charge in [-0.3, -0.25) is 9.52 Å². The number of anilines is 1. The first-order valence-corrected chi connectivity index (χ1v) is 16.6. The summed E-state index contributed by atoms with van der Waals surface area (Å²) in [5, 5.41) is 11.5. The van der Waals surface area contributed by atoms with Gasteiger partial charge in [-0.1, -0.05) is 13.0 Å². The zero-order chi connectivity index (χ0) is 29.9. The van der Waals surface area contributed by atoms with E-state index < -0.39 is 38.0 Å². The van der Waals surface area contributed by atoms with Crippen LogP contribution >= 0.6 is 11.3 Å². The predicted molar refractivity (Wildman–Crippen MR) is 153 cm³/mol. The number of rotatable bonds is 9. The Labute approximate surface area is 243 Å². The highest BCUT2D eigenvalue weighted by Crippen LogP contribution is 2.31. The van der Waals surface area contributed by atoms with Gasteiger partial charge in [0.2, 0.25) is 5.91 Å². The van der Waals surface area contributed by atoms with Gasteiger partial charge in [-0.05, 0) is 60.8 Å². The minimum Gasteiger partial charge on any atom is -0.488 e. The third kappa shape index (κ3) is 7.07. The summed E-state index contributed by atoms with van der Waals surface area (Å²) in [6, 6.07) is 11.5. The Morgan fingerprint density at radius 2 is 1.88 bits per heavy atom. The van der Waals surface area contributed by atoms with E-state index in [4.69, 9.17) is 4.74 Å². The maximum atomic E-state index is 13.4. The fraction of sp³-hybridized carbons (Fsp3) is 0.370. The lowest BCUT2D eigenvalue weighted by Crippen LogP contribution is -2.48. The van der Waals surface area contributed by atoms with E-state index in [-0.39, 0.29) is 52.7 Å². The minimum absolute atomic E-state index is 0.0185. The summed E-state index contributed by atoms with van der Waals surface area (Å²) in [5.74, 6) is -0.907. The lowest BCUT2D eigenvalue weighted by atomic mass is 10.0. The van der Waals surface area contributed by atoms with E-state index in [1.807, 2.05) is 6.92 Å². The van der Waals surface area contributed by atoms with Crippen LogP contribution in [0.1, 0.15) is 19.4 Å². The fourth-order valence-electron chi connectivity index (χ4n) is 4.45. The van der Waals surface area contributed by atoms with E-state index in [0.717, 1.165) is 35.6 Å². The molecule has 0 saturated carbocycles. The Bertz CT molecular complexity index is 1580. The van der Waals surface area contributed by atoms with Gasteiger partial charge in [-0.25, -0.2) is 21.2 Å². The number of halogens is 1. The molecular formula is C27H32FN3O7S3. The van der Waals surface area contributed by atoms with Gasteiger partial charge >= 0.3 is 0 Å². The van der Waals surface area contributed by atoms with Crippen LogP contribution in [0.2, 0.25) is 0 Å². The predicted octanol–water partition coefficient (Wildman–Crippen LogP) is 3.16. The van der Waals surface area contributed by atoms with E-state index in [1.165, 1.54) is 40.5 Å². The van der Waals surface area contributed by atoms with Crippen molar-refractivity contribution in [3.63, 3.8) is 0 Å². The molecule has 1 amide bonds. The van der Waals surface area contributed by atoms with Gasteiger partial charge in [0.1, 0.15) is 21.9 Å². The number of benzene rings is 2. The molecule has 0 saturated heterocycles. The Morgan fingerprint density at radius 1 is 1.17 bits per heavy atom. The summed E-state index contributed by atoms with van der Waals surface area (Å²) in [6.07, 6.45) is -0.830. The van der Waals surface area contributed by atoms with Gasteiger partial charge in [0.15, 0.2) is 0 Å². The molecule has 222 valence electrons. The van der Waals surface area contributed by atoms with Crippen LogP contribution in [0.15, 0.2) is 69.1 Å². The molecule has 2 heterocycles. The molecule has 1 aliphatic rings. The Balaban J connectivity index is 1.68. The highest BCUT2D eigenvalue weighted by molar-refractivity contribution is 7.92. The van der Waals surface area contributed by atoms with E-state index in [9.17, 15) is 31.1 Å². The van der Waals surface area contributed by atoms with Crippen LogP contribution in [0.3, 0.4) is 0 Å². The number of nitrogens with zero attached hydrogens (tertiary/aromatic N) is 2. The van der Waals surface area contributed by atoms with Gasteiger partial charge < -0.3 is 14.7 Å². The molecule has 3 aromatic rings. The van der Waals surface area contributed by atoms with Crippen LogP contribution < -0.4 is 9.46 Å². The van der Waals surface area contributed by atoms with Crippen molar-refractivity contribution >= 4 is 43.0 Å². The van der Waals surface area contributed by atoms with Gasteiger partial charge in [-0.2, -0.15) is 4.31 Å². The van der Waals surface area contributed by atoms with Gasteiger partial charge in [0.25, 0.3) is 20.0 Å². The summed E-state index contributed by atoms with van der Waals surface area (Å²) in [4.78, 5) is 14.8. The van der Waals surface area contributed by atoms with Crippen molar-refractivity contribution in [2.75, 3.05) is 31.5 Å². The largest absolute Gasteiger partial charge is 0.488 e. The van der Waals surface area contributed by atoms with E-state index in [2.05, 4.69) is 4.72 Å². The van der Waals surface area contributed by atoms with Crippen molar-refractivity contribution < 1.29 is 35.9 Å². The number of carbonyl (C=O) groups excluding carboxylic acids is 1. The molecule has 1 aliphatic heterocycles. The molecule has 4 rings (SSSR count). The van der Waals surface area contributed by atoms with Crippen LogP contribution in [-0.4, -0.2) is 75.9 Å². The molecule has 0 spiro atoms. The SMILES string of the molecule is C[C@H]1CN([C@@H](C)CO)C(=O)Cc2cc(NS(=O)(=O)c3ccc(F)cc3)ccc2O[C@H]1CN(C)S(=O)(=O)c1cccs1. The highest BCUT2D eigenvalue weighted by Gasteiger charge is 2.34. The average molecular weight is 626 g/mol. The normalized spacial score (nSPS) is 19.1. The van der Waals surface area contributed by atoms with Crippen molar-refractivity contribution in [3.8, 4) is 5.75 Å². The van der Waals surface area contributed by atoms with Gasteiger partial charge in [-0.15, -0.1) is 11.3 Å². The molecule has 0 radical (unpaired) electrons. The molecule has 0 fully saturated rings. The second-order valence-corrected chi connectivity index (χ2v) is 14.9. The third-order valence-corrected chi connectivity index (χ3v) is 11.5. The lowest BCUT2D eigenvalue weighted by Gasteiger charge is -2.33. The summed E-state index contributed by atoms with van der Waals surface area (Å²) >= 11 is 1.11. The number of thiophene rings is 1. The fourth-order valence-corrected chi connectivity index (χ4v) is 7.89. The van der Waals surface area contributed by atoms with E-state index in [1.54, 1.807) is 18.4 Å². The molecule has 10 nitrogen and oxygen atoms in total. The number of aliphatic hydroxyl groups is 1. The molecule has 14 heteroatoms. The number of hydrogen-bond donors (Lipinski definition) is 2. The Hall–Kier alpha value is -3.04. The van der Waals surface area contributed by atoms with Crippen LogP contribution in [-0.2, 0) is 31.3 Å². The number of sulfonamides is 2. The second kappa shape index (κ2) is 12.4. The van der Waals surface area contributed by atoms with Crippen LogP contribution in [0.5, 0.6) is 5.75 Å². The smallest absolute Gasteiger partial charge is 0.261 e. The molecule has 0 unspecified atom stereocenters. The molecule has 3 atom stereocenters. The van der Waals surface area contributed by atoms with Gasteiger partial charge in [0.05, 0.1) is 30.5 Å². The first-order valence-electron chi connectivity index (χ1n) is 12.8. The summed E-state index contributed by atoms with van der Waals surface area (Å²) in [5.41, 5.74) is 0.541. The number of fused-ring (bicyclic) bond motifs is 1. The Kier molecular flexibility index (Phi) is 9.39. The standard InChI is InChI=1S/C27H32FN3O7S3/c1-18-15-31(19(2)17-32)26(33)14-20-13-22(29-40(34,35)23-9-6-21(28)7-10-23)8-11-24(20)38-25(18)16-30(3)41(36,37)27-5-4-12-39-27/h4-13,18-19,25,29,32H,14-17H2,1-3H3/t18-,19-,25-/m0/s1. The number of amides is 1. The van der Waals surface area contributed by atoms with Crippen LogP contribution in [0, 0.1) is 11.7 Å². The lowest BCUT2D eigenvalue weighted by molar-refractivity contribution is -0.134. The maximum absolute atomic E-state index is 13.4. The molecule has 0 bridgehead atoms. The number of likely N-dealkylation sites (N-methyl/N-ethyl adjacent to an activating group) is 1. The zero-order valence-corrected chi connectivity index (χ0v) is 25.2. The molecule has 41 heavy (non-hydrogen) atoms. The number of hydrogen-bond acceptors (Lipinski definition) is 8. The Morgan fingerprint density at radius 3 is 2.51 bits per heavy atom. The summed E-state index contributed by atoms with van der Waals surface area (Å²) < 4.78 is 75.5. The number of carbonyl (C=O) groups is 1. The maximum Gasteiger partial charge on any atom is 0.261 e. The number of ether oxygens (including phenoxy) is 1. The van der Waals surface area contributed by atoms with Crippen molar-refractivity contribution in [1.82, 2.24) is 9.21 Å². The van der Waals surface area contributed by atoms with Crippen molar-refractivity contribution in [3.05, 3.63) is 71.4 Å². The van der Waals surface area contributed by atoms with Gasteiger partial charge in [0, 0.05) is 30.8 Å². The summed E-state index contributed by atoms with van der Waals surface area (Å²) in [6.45, 7) is 3.46. The van der Waals surface area contributed by atoms with Crippen molar-refractivity contribution in [2.45, 2.75) is 41.5 Å².